The van der Waals surface area contributed by atoms with E-state index in [1.807, 2.05) is 0 Å². The lowest BCUT2D eigenvalue weighted by Gasteiger charge is -2.04. The summed E-state index contributed by atoms with van der Waals surface area (Å²) in [5.74, 6) is -0.115. The van der Waals surface area contributed by atoms with Crippen LogP contribution in [0.5, 0.6) is 5.75 Å². The molecule has 1 aromatic heterocycles. The van der Waals surface area contributed by atoms with Gasteiger partial charge in [0.1, 0.15) is 11.1 Å². The number of H-pyrrole nitrogens is 1. The molecule has 2 rings (SSSR count). The van der Waals surface area contributed by atoms with Crippen LogP contribution in [0.4, 0.5) is 0 Å². The molecule has 0 radical (unpaired) electrons. The van der Waals surface area contributed by atoms with Crippen molar-refractivity contribution >= 4 is 10.9 Å². The second-order valence-corrected chi connectivity index (χ2v) is 3.18. The van der Waals surface area contributed by atoms with Gasteiger partial charge in [0, 0.05) is 6.54 Å². The van der Waals surface area contributed by atoms with Crippen LogP contribution in [-0.2, 0) is 6.54 Å². The fourth-order valence-corrected chi connectivity index (χ4v) is 1.57. The highest BCUT2D eigenvalue weighted by Gasteiger charge is 2.08. The van der Waals surface area contributed by atoms with Crippen molar-refractivity contribution in [1.82, 2.24) is 9.55 Å². The first-order valence-corrected chi connectivity index (χ1v) is 4.60. The molecule has 0 atom stereocenters. The highest BCUT2D eigenvalue weighted by atomic mass is 16.3. The van der Waals surface area contributed by atoms with Crippen LogP contribution in [0, 0.1) is 0 Å². The topological polar surface area (TPSA) is 75.1 Å². The lowest BCUT2D eigenvalue weighted by molar-refractivity contribution is 0.480. The van der Waals surface area contributed by atoms with Gasteiger partial charge in [-0.2, -0.15) is 0 Å². The van der Waals surface area contributed by atoms with Gasteiger partial charge in [-0.25, -0.2) is 4.79 Å². The average molecular weight is 206 g/mol. The molecule has 0 aliphatic rings. The van der Waals surface area contributed by atoms with E-state index < -0.39 is 11.2 Å². The van der Waals surface area contributed by atoms with E-state index in [9.17, 15) is 14.7 Å². The van der Waals surface area contributed by atoms with E-state index in [1.165, 1.54) is 6.07 Å². The van der Waals surface area contributed by atoms with Crippen LogP contribution in [-0.4, -0.2) is 14.7 Å². The summed E-state index contributed by atoms with van der Waals surface area (Å²) < 4.78 is 1.04. The second-order valence-electron chi connectivity index (χ2n) is 3.18. The molecule has 5 nitrogen and oxygen atoms in total. The minimum Gasteiger partial charge on any atom is -0.507 e. The van der Waals surface area contributed by atoms with Gasteiger partial charge in [-0.1, -0.05) is 6.07 Å². The third-order valence-electron chi connectivity index (χ3n) is 2.30. The summed E-state index contributed by atoms with van der Waals surface area (Å²) in [6, 6.07) is 4.57. The number of fused-ring (bicyclic) bond motifs is 1. The highest BCUT2D eigenvalue weighted by molar-refractivity contribution is 5.83. The molecule has 0 spiro atoms. The quantitative estimate of drug-likeness (QED) is 0.709. The molecule has 0 bridgehead atoms. The van der Waals surface area contributed by atoms with Crippen LogP contribution in [0.2, 0.25) is 0 Å². The second kappa shape index (κ2) is 3.27. The van der Waals surface area contributed by atoms with Crippen molar-refractivity contribution in [2.24, 2.45) is 0 Å². The first kappa shape index (κ1) is 9.51. The number of rotatable bonds is 1. The summed E-state index contributed by atoms with van der Waals surface area (Å²) in [4.78, 5) is 25.7. The molecule has 0 unspecified atom stereocenters. The van der Waals surface area contributed by atoms with E-state index in [2.05, 4.69) is 4.98 Å². The molecular weight excluding hydrogens is 196 g/mol. The number of nitrogens with zero attached hydrogens (tertiary/aromatic N) is 1. The van der Waals surface area contributed by atoms with Crippen molar-refractivity contribution < 1.29 is 5.11 Å². The molecule has 2 N–H and O–H groups in total. The third kappa shape index (κ3) is 1.32. The molecule has 15 heavy (non-hydrogen) atoms. The summed E-state index contributed by atoms with van der Waals surface area (Å²) >= 11 is 0. The minimum absolute atomic E-state index is 0.115. The zero-order valence-corrected chi connectivity index (χ0v) is 8.15. The lowest BCUT2D eigenvalue weighted by atomic mass is 10.2. The molecule has 0 aliphatic heterocycles. The Morgan fingerprint density at radius 1 is 1.40 bits per heavy atom. The van der Waals surface area contributed by atoms with Crippen LogP contribution in [0.3, 0.4) is 0 Å². The minimum atomic E-state index is -0.464. The largest absolute Gasteiger partial charge is 0.507 e. The van der Waals surface area contributed by atoms with E-state index in [-0.39, 0.29) is 17.7 Å². The van der Waals surface area contributed by atoms with Crippen LogP contribution in [0.1, 0.15) is 6.92 Å². The van der Waals surface area contributed by atoms with E-state index in [1.54, 1.807) is 19.1 Å². The van der Waals surface area contributed by atoms with Crippen molar-refractivity contribution in [3.63, 3.8) is 0 Å². The normalized spacial score (nSPS) is 10.7. The first-order chi connectivity index (χ1) is 7.15. The zero-order chi connectivity index (χ0) is 11.0. The maximum absolute atomic E-state index is 11.8. The predicted octanol–water partition coefficient (Wildman–Crippen LogP) is 0.415. The number of phenolic OH excluding ortho intramolecular Hbond substituents is 1. The SMILES string of the molecule is CCn1c(=O)[nH]c2cccc(O)c2c1=O. The molecule has 2 aromatic rings. The monoisotopic (exact) mass is 206 g/mol. The Kier molecular flexibility index (Phi) is 2.07. The number of hydrogen-bond donors (Lipinski definition) is 2. The van der Waals surface area contributed by atoms with Crippen LogP contribution in [0.25, 0.3) is 10.9 Å². The molecule has 5 heteroatoms. The van der Waals surface area contributed by atoms with Gasteiger partial charge in [-0.3, -0.25) is 9.36 Å². The smallest absolute Gasteiger partial charge is 0.328 e. The average Bonchev–Trinajstić information content (AvgIpc) is 2.17. The van der Waals surface area contributed by atoms with Gasteiger partial charge in [-0.15, -0.1) is 0 Å². The number of benzene rings is 1. The molecule has 1 aromatic carbocycles. The fraction of sp³-hybridized carbons (Fsp3) is 0.200. The fourth-order valence-electron chi connectivity index (χ4n) is 1.57. The lowest BCUT2D eigenvalue weighted by Crippen LogP contribution is -2.34. The number of aromatic amines is 1. The summed E-state index contributed by atoms with van der Waals surface area (Å²) in [5, 5.41) is 9.68. The highest BCUT2D eigenvalue weighted by Crippen LogP contribution is 2.17. The van der Waals surface area contributed by atoms with Crippen LogP contribution < -0.4 is 11.2 Å². The number of nitrogens with one attached hydrogen (secondary N) is 1. The Hall–Kier alpha value is -2.04. The number of aromatic nitrogens is 2. The Balaban J connectivity index is 3.06. The van der Waals surface area contributed by atoms with Gasteiger partial charge >= 0.3 is 5.69 Å². The molecule has 0 saturated carbocycles. The molecule has 0 aliphatic carbocycles. The standard InChI is InChI=1S/C10H10N2O3/c1-2-12-9(14)8-6(11-10(12)15)4-3-5-7(8)13/h3-5,13H,2H2,1H3,(H,11,15). The van der Waals surface area contributed by atoms with E-state index >= 15 is 0 Å². The van der Waals surface area contributed by atoms with Crippen molar-refractivity contribution in [3.05, 3.63) is 39.0 Å². The summed E-state index contributed by atoms with van der Waals surface area (Å²) in [5.41, 5.74) is -0.565. The molecular formula is C10H10N2O3. The van der Waals surface area contributed by atoms with Gasteiger partial charge in [0.05, 0.1) is 5.52 Å². The first-order valence-electron chi connectivity index (χ1n) is 4.60. The summed E-state index contributed by atoms with van der Waals surface area (Å²) in [6.45, 7) is 1.97. The Bertz CT molecular complexity index is 625. The van der Waals surface area contributed by atoms with Gasteiger partial charge in [0.2, 0.25) is 0 Å². The van der Waals surface area contributed by atoms with E-state index in [4.69, 9.17) is 0 Å². The van der Waals surface area contributed by atoms with E-state index in [0.717, 1.165) is 4.57 Å². The summed E-state index contributed by atoms with van der Waals surface area (Å²) in [6.07, 6.45) is 0. The Labute approximate surface area is 84.6 Å². The maximum Gasteiger partial charge on any atom is 0.328 e. The van der Waals surface area contributed by atoms with Crippen molar-refractivity contribution in [2.75, 3.05) is 0 Å². The molecule has 0 amide bonds. The van der Waals surface area contributed by atoms with E-state index in [0.29, 0.717) is 5.52 Å². The van der Waals surface area contributed by atoms with Gasteiger partial charge < -0.3 is 10.1 Å². The molecule has 0 fully saturated rings. The number of phenols is 1. The predicted molar refractivity (Wildman–Crippen MR) is 56.2 cm³/mol. The molecule has 0 saturated heterocycles. The van der Waals surface area contributed by atoms with Gasteiger partial charge in [-0.05, 0) is 19.1 Å². The Morgan fingerprint density at radius 2 is 2.13 bits per heavy atom. The van der Waals surface area contributed by atoms with Crippen molar-refractivity contribution in [1.29, 1.82) is 0 Å². The molecule has 1 heterocycles. The third-order valence-corrected chi connectivity index (χ3v) is 2.30. The number of aromatic hydroxyl groups is 1. The van der Waals surface area contributed by atoms with Gasteiger partial charge in [0.15, 0.2) is 0 Å². The van der Waals surface area contributed by atoms with Crippen LogP contribution in [0.15, 0.2) is 27.8 Å². The maximum atomic E-state index is 11.8. The Morgan fingerprint density at radius 3 is 2.80 bits per heavy atom. The number of hydrogen-bond acceptors (Lipinski definition) is 3. The van der Waals surface area contributed by atoms with Crippen molar-refractivity contribution in [3.8, 4) is 5.75 Å². The summed E-state index contributed by atoms with van der Waals surface area (Å²) in [7, 11) is 0. The zero-order valence-electron chi connectivity index (χ0n) is 8.15. The van der Waals surface area contributed by atoms with Crippen LogP contribution >= 0.6 is 0 Å². The van der Waals surface area contributed by atoms with Gasteiger partial charge in [0.25, 0.3) is 5.56 Å². The molecule has 78 valence electrons. The van der Waals surface area contributed by atoms with Crippen molar-refractivity contribution in [2.45, 2.75) is 13.5 Å².